The molecule has 0 N–H and O–H groups in total. The number of thioether (sulfide) groups is 1. The lowest BCUT2D eigenvalue weighted by Gasteiger charge is -2.20. The van der Waals surface area contributed by atoms with Gasteiger partial charge < -0.3 is 4.74 Å². The van der Waals surface area contributed by atoms with Crippen LogP contribution in [0.2, 0.25) is 0 Å². The van der Waals surface area contributed by atoms with E-state index in [4.69, 9.17) is 10.00 Å². The average molecular weight is 282 g/mol. The van der Waals surface area contributed by atoms with Gasteiger partial charge in [0, 0.05) is 18.1 Å². The Hall–Kier alpha value is -0.570. The van der Waals surface area contributed by atoms with Gasteiger partial charge in [-0.15, -0.1) is 11.3 Å². The number of methoxy groups -OCH3 is 1. The van der Waals surface area contributed by atoms with Crippen LogP contribution in [-0.4, -0.2) is 17.3 Å². The first-order valence-corrected chi connectivity index (χ1v) is 8.19. The Morgan fingerprint density at radius 1 is 1.44 bits per heavy atom. The maximum absolute atomic E-state index is 9.03. The molecule has 0 bridgehead atoms. The molecule has 3 nitrogen and oxygen atoms in total. The van der Waals surface area contributed by atoms with Gasteiger partial charge in [-0.05, 0) is 12.8 Å². The lowest BCUT2D eigenvalue weighted by atomic mass is 10.0. The van der Waals surface area contributed by atoms with Crippen molar-refractivity contribution in [2.24, 2.45) is 0 Å². The smallest absolute Gasteiger partial charge is 0.130 e. The van der Waals surface area contributed by atoms with E-state index in [1.165, 1.54) is 43.4 Å². The second-order valence-corrected chi connectivity index (χ2v) is 6.87. The molecule has 1 aromatic heterocycles. The molecular formula is C13H18N2OS2. The Morgan fingerprint density at radius 3 is 2.89 bits per heavy atom. The number of ether oxygens (including phenoxy) is 1. The van der Waals surface area contributed by atoms with E-state index in [0.717, 1.165) is 21.7 Å². The summed E-state index contributed by atoms with van der Waals surface area (Å²) in [4.78, 5) is 5.21. The molecule has 0 radical (unpaired) electrons. The summed E-state index contributed by atoms with van der Waals surface area (Å²) < 4.78 is 5.06. The standard InChI is InChI=1S/C13H18N2OS2/c1-16-8-11-12(7-14)18-13(15-11)9-17-10-5-3-2-4-6-10/h10H,2-6,8-9H2,1H3. The molecule has 0 saturated heterocycles. The van der Waals surface area contributed by atoms with Crippen LogP contribution in [0.4, 0.5) is 0 Å². The second kappa shape index (κ2) is 7.13. The third-order valence-corrected chi connectivity index (χ3v) is 5.69. The Morgan fingerprint density at radius 2 is 2.22 bits per heavy atom. The maximum Gasteiger partial charge on any atom is 0.130 e. The highest BCUT2D eigenvalue weighted by molar-refractivity contribution is 7.99. The van der Waals surface area contributed by atoms with Gasteiger partial charge in [0.2, 0.25) is 0 Å². The van der Waals surface area contributed by atoms with Gasteiger partial charge in [-0.25, -0.2) is 4.98 Å². The molecule has 1 fully saturated rings. The monoisotopic (exact) mass is 282 g/mol. The molecule has 98 valence electrons. The van der Waals surface area contributed by atoms with Crippen molar-refractivity contribution in [3.05, 3.63) is 15.6 Å². The summed E-state index contributed by atoms with van der Waals surface area (Å²) in [7, 11) is 1.64. The summed E-state index contributed by atoms with van der Waals surface area (Å²) in [5, 5.41) is 10.9. The predicted octanol–water partition coefficient (Wildman–Crippen LogP) is 3.73. The van der Waals surface area contributed by atoms with Crippen LogP contribution in [0.5, 0.6) is 0 Å². The van der Waals surface area contributed by atoms with Crippen LogP contribution in [0, 0.1) is 11.3 Å². The fourth-order valence-electron chi connectivity index (χ4n) is 2.21. The van der Waals surface area contributed by atoms with Gasteiger partial charge >= 0.3 is 0 Å². The van der Waals surface area contributed by atoms with E-state index in [1.54, 1.807) is 7.11 Å². The van der Waals surface area contributed by atoms with Gasteiger partial charge in [-0.3, -0.25) is 0 Å². The van der Waals surface area contributed by atoms with Crippen LogP contribution in [0.25, 0.3) is 0 Å². The fraction of sp³-hybridized carbons (Fsp3) is 0.692. The minimum Gasteiger partial charge on any atom is -0.378 e. The minimum absolute atomic E-state index is 0.438. The van der Waals surface area contributed by atoms with Crippen LogP contribution in [0.15, 0.2) is 0 Å². The van der Waals surface area contributed by atoms with Crippen LogP contribution in [0.1, 0.15) is 47.7 Å². The lowest BCUT2D eigenvalue weighted by Crippen LogP contribution is -2.08. The normalized spacial score (nSPS) is 16.7. The van der Waals surface area contributed by atoms with Crippen LogP contribution < -0.4 is 0 Å². The number of hydrogen-bond donors (Lipinski definition) is 0. The minimum atomic E-state index is 0.438. The van der Waals surface area contributed by atoms with Crippen LogP contribution in [0.3, 0.4) is 0 Å². The summed E-state index contributed by atoms with van der Waals surface area (Å²) in [5.74, 6) is 0.938. The predicted molar refractivity (Wildman–Crippen MR) is 75.7 cm³/mol. The van der Waals surface area contributed by atoms with Gasteiger partial charge in [0.15, 0.2) is 0 Å². The van der Waals surface area contributed by atoms with Crippen LogP contribution in [-0.2, 0) is 17.1 Å². The number of hydrogen-bond acceptors (Lipinski definition) is 5. The van der Waals surface area contributed by atoms with E-state index in [1.807, 2.05) is 11.8 Å². The Bertz CT molecular complexity index is 419. The Balaban J connectivity index is 1.90. The topological polar surface area (TPSA) is 45.9 Å². The van der Waals surface area contributed by atoms with E-state index >= 15 is 0 Å². The molecule has 5 heteroatoms. The maximum atomic E-state index is 9.03. The summed E-state index contributed by atoms with van der Waals surface area (Å²) in [5.41, 5.74) is 0.796. The van der Waals surface area contributed by atoms with E-state index in [9.17, 15) is 0 Å². The van der Waals surface area contributed by atoms with Crippen molar-refractivity contribution >= 4 is 23.1 Å². The third kappa shape index (κ3) is 3.71. The molecule has 0 atom stereocenters. The molecule has 1 aliphatic carbocycles. The molecule has 0 unspecified atom stereocenters. The molecule has 18 heavy (non-hydrogen) atoms. The van der Waals surface area contributed by atoms with Crippen molar-refractivity contribution in [2.75, 3.05) is 7.11 Å². The fourth-order valence-corrected chi connectivity index (χ4v) is 4.41. The van der Waals surface area contributed by atoms with E-state index in [0.29, 0.717) is 11.5 Å². The molecule has 0 spiro atoms. The van der Waals surface area contributed by atoms with Crippen molar-refractivity contribution in [3.8, 4) is 6.07 Å². The van der Waals surface area contributed by atoms with E-state index in [2.05, 4.69) is 11.1 Å². The average Bonchev–Trinajstić information content (AvgIpc) is 2.80. The van der Waals surface area contributed by atoms with Gasteiger partial charge in [0.1, 0.15) is 16.0 Å². The zero-order valence-electron chi connectivity index (χ0n) is 10.6. The Labute approximate surface area is 117 Å². The molecule has 1 heterocycles. The van der Waals surface area contributed by atoms with Crippen molar-refractivity contribution in [1.29, 1.82) is 5.26 Å². The number of rotatable bonds is 5. The molecular weight excluding hydrogens is 264 g/mol. The van der Waals surface area contributed by atoms with Crippen LogP contribution >= 0.6 is 23.1 Å². The highest BCUT2D eigenvalue weighted by atomic mass is 32.2. The van der Waals surface area contributed by atoms with E-state index < -0.39 is 0 Å². The zero-order chi connectivity index (χ0) is 12.8. The van der Waals surface area contributed by atoms with E-state index in [-0.39, 0.29) is 0 Å². The van der Waals surface area contributed by atoms with Gasteiger partial charge in [-0.2, -0.15) is 17.0 Å². The molecule has 0 aliphatic heterocycles. The first-order chi connectivity index (χ1) is 8.83. The first-order valence-electron chi connectivity index (χ1n) is 6.32. The first kappa shape index (κ1) is 13.9. The molecule has 2 rings (SSSR count). The second-order valence-electron chi connectivity index (χ2n) is 4.50. The molecule has 1 saturated carbocycles. The number of nitrogens with zero attached hydrogens (tertiary/aromatic N) is 2. The van der Waals surface area contributed by atoms with Crippen molar-refractivity contribution in [2.45, 2.75) is 49.7 Å². The van der Waals surface area contributed by atoms with Crippen molar-refractivity contribution < 1.29 is 4.74 Å². The highest BCUT2D eigenvalue weighted by Crippen LogP contribution is 2.32. The molecule has 1 aromatic rings. The molecule has 0 amide bonds. The SMILES string of the molecule is COCc1nc(CSC2CCCCC2)sc1C#N. The zero-order valence-corrected chi connectivity index (χ0v) is 12.3. The molecule has 1 aliphatic rings. The highest BCUT2D eigenvalue weighted by Gasteiger charge is 2.16. The number of thiazole rings is 1. The van der Waals surface area contributed by atoms with Gasteiger partial charge in [0.25, 0.3) is 0 Å². The largest absolute Gasteiger partial charge is 0.378 e. The van der Waals surface area contributed by atoms with Crippen molar-refractivity contribution in [1.82, 2.24) is 4.98 Å². The van der Waals surface area contributed by atoms with Gasteiger partial charge in [0.05, 0.1) is 12.3 Å². The summed E-state index contributed by atoms with van der Waals surface area (Å²) >= 11 is 3.51. The summed E-state index contributed by atoms with van der Waals surface area (Å²) in [6, 6.07) is 2.21. The molecule has 0 aromatic carbocycles. The van der Waals surface area contributed by atoms with Gasteiger partial charge in [-0.1, -0.05) is 19.3 Å². The number of aromatic nitrogens is 1. The third-order valence-electron chi connectivity index (χ3n) is 3.12. The lowest BCUT2D eigenvalue weighted by molar-refractivity contribution is 0.181. The summed E-state index contributed by atoms with van der Waals surface area (Å²) in [6.07, 6.45) is 6.81. The van der Waals surface area contributed by atoms with Crippen molar-refractivity contribution in [3.63, 3.8) is 0 Å². The number of nitriles is 1. The summed E-state index contributed by atoms with van der Waals surface area (Å²) in [6.45, 7) is 0.438. The Kier molecular flexibility index (Phi) is 5.48. The quantitative estimate of drug-likeness (QED) is 0.825.